The van der Waals surface area contributed by atoms with Gasteiger partial charge in [0.25, 0.3) is 0 Å². The van der Waals surface area contributed by atoms with Gasteiger partial charge in [-0.15, -0.1) is 0 Å². The maximum absolute atomic E-state index is 4.61. The van der Waals surface area contributed by atoms with Gasteiger partial charge in [-0.2, -0.15) is 4.98 Å². The molecule has 2 aromatic heterocycles. The summed E-state index contributed by atoms with van der Waals surface area (Å²) in [6.45, 7) is 2.75. The second kappa shape index (κ2) is 7.83. The Kier molecular flexibility index (Phi) is 4.92. The molecule has 0 radical (unpaired) electrons. The molecule has 4 aromatic rings. The smallest absolute Gasteiger partial charge is 0.224 e. The molecule has 0 aliphatic heterocycles. The number of fused-ring (bicyclic) bond motifs is 1. The second-order valence-corrected chi connectivity index (χ2v) is 6.39. The number of nitrogens with zero attached hydrogens (tertiary/aromatic N) is 3. The summed E-state index contributed by atoms with van der Waals surface area (Å²) in [5, 5.41) is 7.79. The first kappa shape index (κ1) is 17.0. The Bertz CT molecular complexity index is 1040. The van der Waals surface area contributed by atoms with E-state index in [2.05, 4.69) is 62.0 Å². The third-order valence-corrected chi connectivity index (χ3v) is 4.29. The van der Waals surface area contributed by atoms with Crippen LogP contribution in [-0.2, 0) is 6.42 Å². The largest absolute Gasteiger partial charge is 0.354 e. The average Bonchev–Trinajstić information content (AvgIpc) is 2.69. The normalized spacial score (nSPS) is 10.7. The summed E-state index contributed by atoms with van der Waals surface area (Å²) in [6, 6.07) is 22.4. The molecule has 0 saturated carbocycles. The maximum Gasteiger partial charge on any atom is 0.224 e. The predicted molar refractivity (Wildman–Crippen MR) is 110 cm³/mol. The Labute approximate surface area is 158 Å². The second-order valence-electron chi connectivity index (χ2n) is 6.39. The first-order valence-electron chi connectivity index (χ1n) is 9.02. The zero-order valence-corrected chi connectivity index (χ0v) is 15.2. The highest BCUT2D eigenvalue weighted by atomic mass is 15.1. The van der Waals surface area contributed by atoms with Crippen molar-refractivity contribution in [3.05, 3.63) is 84.2 Å². The molecule has 2 N–H and O–H groups in total. The molecule has 0 atom stereocenters. The summed E-state index contributed by atoms with van der Waals surface area (Å²) >= 11 is 0. The molecule has 2 heterocycles. The molecule has 0 spiro atoms. The number of pyridine rings is 1. The molecule has 2 aromatic carbocycles. The molecular weight excluding hydrogens is 334 g/mol. The first-order chi connectivity index (χ1) is 13.3. The van der Waals surface area contributed by atoms with Crippen LogP contribution in [0.5, 0.6) is 0 Å². The van der Waals surface area contributed by atoms with Crippen molar-refractivity contribution in [1.29, 1.82) is 0 Å². The first-order valence-corrected chi connectivity index (χ1v) is 9.02. The van der Waals surface area contributed by atoms with Gasteiger partial charge in [0, 0.05) is 29.9 Å². The topological polar surface area (TPSA) is 62.7 Å². The van der Waals surface area contributed by atoms with Crippen molar-refractivity contribution < 1.29 is 0 Å². The molecule has 0 fully saturated rings. The quantitative estimate of drug-likeness (QED) is 0.523. The minimum Gasteiger partial charge on any atom is -0.354 e. The lowest BCUT2D eigenvalue weighted by Gasteiger charge is -2.11. The van der Waals surface area contributed by atoms with E-state index >= 15 is 0 Å². The molecule has 4 rings (SSSR count). The summed E-state index contributed by atoms with van der Waals surface area (Å²) in [6.07, 6.45) is 2.73. The van der Waals surface area contributed by atoms with Crippen LogP contribution in [-0.4, -0.2) is 21.5 Å². The number of aryl methyl sites for hydroxylation is 1. The highest BCUT2D eigenvalue weighted by Crippen LogP contribution is 2.24. The molecule has 0 bridgehead atoms. The van der Waals surface area contributed by atoms with Crippen LogP contribution in [0.4, 0.5) is 17.5 Å². The van der Waals surface area contributed by atoms with Crippen molar-refractivity contribution in [2.45, 2.75) is 13.3 Å². The van der Waals surface area contributed by atoms with Gasteiger partial charge in [-0.1, -0.05) is 48.5 Å². The number of rotatable bonds is 6. The summed E-state index contributed by atoms with van der Waals surface area (Å²) in [5.74, 6) is 1.38. The lowest BCUT2D eigenvalue weighted by atomic mass is 10.1. The fourth-order valence-corrected chi connectivity index (χ4v) is 3.02. The van der Waals surface area contributed by atoms with Gasteiger partial charge >= 0.3 is 0 Å². The Hall–Kier alpha value is -3.47. The number of benzene rings is 2. The van der Waals surface area contributed by atoms with Gasteiger partial charge in [0.15, 0.2) is 0 Å². The van der Waals surface area contributed by atoms with E-state index in [9.17, 15) is 0 Å². The van der Waals surface area contributed by atoms with E-state index in [0.29, 0.717) is 5.95 Å². The van der Waals surface area contributed by atoms with Crippen LogP contribution in [0.3, 0.4) is 0 Å². The minimum absolute atomic E-state index is 0.627. The fourth-order valence-electron chi connectivity index (χ4n) is 3.02. The number of para-hydroxylation sites is 1. The van der Waals surface area contributed by atoms with Crippen molar-refractivity contribution in [2.75, 3.05) is 17.2 Å². The number of hydrogen-bond acceptors (Lipinski definition) is 5. The number of aromatic nitrogens is 3. The maximum atomic E-state index is 4.61. The molecule has 0 unspecified atom stereocenters. The summed E-state index contributed by atoms with van der Waals surface area (Å²) in [7, 11) is 0. The summed E-state index contributed by atoms with van der Waals surface area (Å²) < 4.78 is 0. The highest BCUT2D eigenvalue weighted by Gasteiger charge is 2.06. The van der Waals surface area contributed by atoms with Gasteiger partial charge in [0.1, 0.15) is 5.82 Å². The van der Waals surface area contributed by atoms with E-state index in [1.54, 1.807) is 6.20 Å². The molecule has 0 aliphatic rings. The highest BCUT2D eigenvalue weighted by molar-refractivity contribution is 5.91. The van der Waals surface area contributed by atoms with Crippen LogP contribution in [0.1, 0.15) is 11.3 Å². The molecular formula is C22H21N5. The molecule has 0 saturated heterocycles. The van der Waals surface area contributed by atoms with E-state index in [-0.39, 0.29) is 0 Å². The van der Waals surface area contributed by atoms with Gasteiger partial charge < -0.3 is 10.6 Å². The van der Waals surface area contributed by atoms with Gasteiger partial charge in [-0.25, -0.2) is 4.98 Å². The molecule has 134 valence electrons. The molecule has 5 nitrogen and oxygen atoms in total. The summed E-state index contributed by atoms with van der Waals surface area (Å²) in [4.78, 5) is 13.6. The Morgan fingerprint density at radius 1 is 0.889 bits per heavy atom. The van der Waals surface area contributed by atoms with Crippen molar-refractivity contribution in [1.82, 2.24) is 15.0 Å². The number of anilines is 3. The fraction of sp³-hybridized carbons (Fsp3) is 0.136. The zero-order chi connectivity index (χ0) is 18.5. The summed E-state index contributed by atoms with van der Waals surface area (Å²) in [5.41, 5.74) is 4.05. The van der Waals surface area contributed by atoms with E-state index < -0.39 is 0 Å². The molecule has 5 heteroatoms. The van der Waals surface area contributed by atoms with Gasteiger partial charge in [-0.3, -0.25) is 4.98 Å². The molecule has 0 aliphatic carbocycles. The monoisotopic (exact) mass is 355 g/mol. The zero-order valence-electron chi connectivity index (χ0n) is 15.2. The van der Waals surface area contributed by atoms with E-state index in [4.69, 9.17) is 0 Å². The van der Waals surface area contributed by atoms with Crippen LogP contribution < -0.4 is 10.6 Å². The molecule has 0 amide bonds. The van der Waals surface area contributed by atoms with Crippen LogP contribution in [0.25, 0.3) is 10.9 Å². The van der Waals surface area contributed by atoms with Crippen molar-refractivity contribution >= 4 is 28.4 Å². The SMILES string of the molecule is Cc1cc(Nc2cccc3cccnc23)nc(NCCc2ccccc2)n1. The standard InChI is InChI=1S/C22H21N5/c1-16-15-20(26-19-11-5-9-18-10-6-13-23-21(18)19)27-22(25-16)24-14-12-17-7-3-2-4-8-17/h2-11,13,15H,12,14H2,1H3,(H2,24,25,26,27). The Morgan fingerprint density at radius 3 is 2.63 bits per heavy atom. The Balaban J connectivity index is 1.50. The third-order valence-electron chi connectivity index (χ3n) is 4.29. The van der Waals surface area contributed by atoms with Gasteiger partial charge in [-0.05, 0) is 31.0 Å². The van der Waals surface area contributed by atoms with Crippen molar-refractivity contribution in [3.63, 3.8) is 0 Å². The van der Waals surface area contributed by atoms with E-state index in [0.717, 1.165) is 41.1 Å². The lowest BCUT2D eigenvalue weighted by Crippen LogP contribution is -2.09. The van der Waals surface area contributed by atoms with Gasteiger partial charge in [0.05, 0.1) is 11.2 Å². The predicted octanol–water partition coefficient (Wildman–Crippen LogP) is 4.73. The average molecular weight is 355 g/mol. The van der Waals surface area contributed by atoms with Crippen LogP contribution in [0.15, 0.2) is 72.9 Å². The van der Waals surface area contributed by atoms with Crippen LogP contribution >= 0.6 is 0 Å². The van der Waals surface area contributed by atoms with Crippen molar-refractivity contribution in [2.24, 2.45) is 0 Å². The van der Waals surface area contributed by atoms with Crippen molar-refractivity contribution in [3.8, 4) is 0 Å². The van der Waals surface area contributed by atoms with E-state index in [1.165, 1.54) is 5.56 Å². The third kappa shape index (κ3) is 4.20. The van der Waals surface area contributed by atoms with Crippen LogP contribution in [0.2, 0.25) is 0 Å². The number of nitrogens with one attached hydrogen (secondary N) is 2. The van der Waals surface area contributed by atoms with Gasteiger partial charge in [0.2, 0.25) is 5.95 Å². The minimum atomic E-state index is 0.627. The van der Waals surface area contributed by atoms with E-state index in [1.807, 2.05) is 37.3 Å². The lowest BCUT2D eigenvalue weighted by molar-refractivity contribution is 0.976. The van der Waals surface area contributed by atoms with Crippen LogP contribution in [0, 0.1) is 6.92 Å². The molecule has 27 heavy (non-hydrogen) atoms. The Morgan fingerprint density at radius 2 is 1.74 bits per heavy atom. The number of hydrogen-bond donors (Lipinski definition) is 2.